The van der Waals surface area contributed by atoms with E-state index in [1.165, 1.54) is 6.07 Å². The van der Waals surface area contributed by atoms with Gasteiger partial charge < -0.3 is 9.15 Å². The maximum absolute atomic E-state index is 13.2. The van der Waals surface area contributed by atoms with E-state index in [2.05, 4.69) is 0 Å². The van der Waals surface area contributed by atoms with Crippen molar-refractivity contribution in [3.63, 3.8) is 0 Å². The van der Waals surface area contributed by atoms with Crippen LogP contribution in [0.2, 0.25) is 10.0 Å². The van der Waals surface area contributed by atoms with Gasteiger partial charge >= 0.3 is 5.97 Å². The molecule has 4 rings (SSSR count). The van der Waals surface area contributed by atoms with Gasteiger partial charge in [0.1, 0.15) is 5.58 Å². The molecule has 0 spiro atoms. The number of carbonyl (C=O) groups excluding carboxylic acids is 1. The first-order valence-electron chi connectivity index (χ1n) is 9.20. The molecule has 0 bridgehead atoms. The van der Waals surface area contributed by atoms with Gasteiger partial charge in [0, 0.05) is 15.6 Å². The van der Waals surface area contributed by atoms with Gasteiger partial charge in [0.25, 0.3) is 0 Å². The Balaban J connectivity index is 1.84. The highest BCUT2D eigenvalue weighted by Crippen LogP contribution is 2.33. The van der Waals surface area contributed by atoms with Gasteiger partial charge in [0.05, 0.1) is 11.8 Å². The Kier molecular flexibility index (Phi) is 5.62. The van der Waals surface area contributed by atoms with Crippen molar-refractivity contribution < 1.29 is 13.9 Å². The average molecular weight is 439 g/mol. The number of carbonyl (C=O) groups is 1. The molecule has 0 unspecified atom stereocenters. The smallest absolute Gasteiger partial charge is 0.315 e. The summed E-state index contributed by atoms with van der Waals surface area (Å²) >= 11 is 12.2. The van der Waals surface area contributed by atoms with E-state index in [0.29, 0.717) is 21.2 Å². The molecular formula is C24H16Cl2O4. The Bertz CT molecular complexity index is 1290. The molecule has 0 saturated heterocycles. The van der Waals surface area contributed by atoms with Crippen molar-refractivity contribution in [3.8, 4) is 17.1 Å². The van der Waals surface area contributed by atoms with Gasteiger partial charge in [-0.05, 0) is 54.4 Å². The highest BCUT2D eigenvalue weighted by molar-refractivity contribution is 6.32. The minimum atomic E-state index is -0.568. The number of ether oxygens (including phenoxy) is 1. The number of aryl methyl sites for hydroxylation is 1. The Morgan fingerprint density at radius 1 is 1.00 bits per heavy atom. The summed E-state index contributed by atoms with van der Waals surface area (Å²) in [5.41, 5.74) is 2.00. The molecule has 0 atom stereocenters. The van der Waals surface area contributed by atoms with E-state index in [0.717, 1.165) is 11.1 Å². The molecule has 0 fully saturated rings. The zero-order valence-electron chi connectivity index (χ0n) is 15.9. The van der Waals surface area contributed by atoms with Crippen molar-refractivity contribution in [3.05, 3.63) is 98.1 Å². The van der Waals surface area contributed by atoms with E-state index in [4.69, 9.17) is 32.4 Å². The van der Waals surface area contributed by atoms with Gasteiger partial charge in [-0.3, -0.25) is 9.59 Å². The van der Waals surface area contributed by atoms with Gasteiger partial charge in [0.15, 0.2) is 5.76 Å². The highest BCUT2D eigenvalue weighted by Gasteiger charge is 2.21. The number of benzene rings is 3. The molecule has 1 heterocycles. The Labute approximate surface area is 182 Å². The molecule has 0 radical (unpaired) electrons. The van der Waals surface area contributed by atoms with Gasteiger partial charge in [-0.1, -0.05) is 53.5 Å². The number of fused-ring (bicyclic) bond motifs is 1. The number of hydrogen-bond acceptors (Lipinski definition) is 4. The lowest BCUT2D eigenvalue weighted by molar-refractivity contribution is -0.133. The van der Waals surface area contributed by atoms with Crippen LogP contribution in [-0.4, -0.2) is 5.97 Å². The zero-order chi connectivity index (χ0) is 21.3. The van der Waals surface area contributed by atoms with Gasteiger partial charge in [-0.2, -0.15) is 0 Å². The maximum Gasteiger partial charge on any atom is 0.315 e. The monoisotopic (exact) mass is 438 g/mol. The summed E-state index contributed by atoms with van der Waals surface area (Å²) in [4.78, 5) is 25.8. The second-order valence-corrected chi connectivity index (χ2v) is 7.67. The van der Waals surface area contributed by atoms with Crippen molar-refractivity contribution >= 4 is 40.1 Å². The molecule has 0 saturated carbocycles. The quantitative estimate of drug-likeness (QED) is 0.354. The summed E-state index contributed by atoms with van der Waals surface area (Å²) in [6.45, 7) is 1.82. The fourth-order valence-electron chi connectivity index (χ4n) is 3.10. The van der Waals surface area contributed by atoms with Crippen LogP contribution >= 0.6 is 23.2 Å². The molecule has 6 heteroatoms. The number of halogens is 2. The molecule has 4 nitrogen and oxygen atoms in total. The third-order valence-electron chi connectivity index (χ3n) is 4.64. The molecule has 1 aromatic heterocycles. The van der Waals surface area contributed by atoms with Crippen LogP contribution in [0.5, 0.6) is 5.75 Å². The lowest BCUT2D eigenvalue weighted by Crippen LogP contribution is -2.18. The van der Waals surface area contributed by atoms with Crippen LogP contribution in [0.3, 0.4) is 0 Å². The topological polar surface area (TPSA) is 56.5 Å². The first-order chi connectivity index (χ1) is 14.4. The minimum Gasteiger partial charge on any atom is -0.452 e. The van der Waals surface area contributed by atoms with Crippen LogP contribution in [0.4, 0.5) is 0 Å². The standard InChI is InChI=1S/C24H16Cl2O4/c1-14-11-20-18(13-19(14)26)22(28)24(23(29-20)16-7-9-17(25)10-8-16)30-21(27)12-15-5-3-2-4-6-15/h2-11,13H,12H2,1H3. The van der Waals surface area contributed by atoms with Crippen molar-refractivity contribution in [2.24, 2.45) is 0 Å². The highest BCUT2D eigenvalue weighted by atomic mass is 35.5. The molecule has 150 valence electrons. The molecule has 0 aliphatic heterocycles. The van der Waals surface area contributed by atoms with Crippen LogP contribution in [-0.2, 0) is 11.2 Å². The van der Waals surface area contributed by atoms with Crippen molar-refractivity contribution in [1.82, 2.24) is 0 Å². The van der Waals surface area contributed by atoms with Crippen LogP contribution in [0, 0.1) is 6.92 Å². The fourth-order valence-corrected chi connectivity index (χ4v) is 3.38. The van der Waals surface area contributed by atoms with E-state index in [9.17, 15) is 9.59 Å². The Morgan fingerprint density at radius 3 is 2.40 bits per heavy atom. The lowest BCUT2D eigenvalue weighted by atomic mass is 10.1. The third kappa shape index (κ3) is 4.11. The Morgan fingerprint density at radius 2 is 1.70 bits per heavy atom. The average Bonchev–Trinajstić information content (AvgIpc) is 2.73. The van der Waals surface area contributed by atoms with E-state index >= 15 is 0 Å². The molecule has 30 heavy (non-hydrogen) atoms. The summed E-state index contributed by atoms with van der Waals surface area (Å²) in [6.07, 6.45) is 0.0209. The predicted octanol–water partition coefficient (Wildman–Crippen LogP) is 6.22. The summed E-state index contributed by atoms with van der Waals surface area (Å²) in [6, 6.07) is 19.1. The van der Waals surface area contributed by atoms with E-state index < -0.39 is 11.4 Å². The second-order valence-electron chi connectivity index (χ2n) is 6.83. The minimum absolute atomic E-state index is 0.0209. The lowest BCUT2D eigenvalue weighted by Gasteiger charge is -2.11. The number of rotatable bonds is 4. The molecular weight excluding hydrogens is 423 g/mol. The van der Waals surface area contributed by atoms with Crippen molar-refractivity contribution in [2.45, 2.75) is 13.3 Å². The summed E-state index contributed by atoms with van der Waals surface area (Å²) in [7, 11) is 0. The second kappa shape index (κ2) is 8.34. The normalized spacial score (nSPS) is 10.9. The summed E-state index contributed by atoms with van der Waals surface area (Å²) in [5, 5.41) is 1.20. The number of esters is 1. The van der Waals surface area contributed by atoms with Crippen LogP contribution in [0.25, 0.3) is 22.3 Å². The van der Waals surface area contributed by atoms with Gasteiger partial charge in [-0.15, -0.1) is 0 Å². The van der Waals surface area contributed by atoms with Crippen LogP contribution < -0.4 is 10.2 Å². The van der Waals surface area contributed by atoms with Crippen molar-refractivity contribution in [1.29, 1.82) is 0 Å². The number of hydrogen-bond donors (Lipinski definition) is 0. The van der Waals surface area contributed by atoms with Crippen molar-refractivity contribution in [2.75, 3.05) is 0 Å². The molecule has 3 aromatic carbocycles. The van der Waals surface area contributed by atoms with Crippen LogP contribution in [0.15, 0.2) is 75.9 Å². The summed E-state index contributed by atoms with van der Waals surface area (Å²) in [5.74, 6) is -0.584. The molecule has 0 aliphatic carbocycles. The fraction of sp³-hybridized carbons (Fsp3) is 0.0833. The van der Waals surface area contributed by atoms with Gasteiger partial charge in [-0.25, -0.2) is 0 Å². The van der Waals surface area contributed by atoms with Crippen LogP contribution in [0.1, 0.15) is 11.1 Å². The van der Waals surface area contributed by atoms with E-state index in [1.807, 2.05) is 37.3 Å². The van der Waals surface area contributed by atoms with Gasteiger partial charge in [0.2, 0.25) is 11.2 Å². The largest absolute Gasteiger partial charge is 0.452 e. The molecule has 4 aromatic rings. The summed E-state index contributed by atoms with van der Waals surface area (Å²) < 4.78 is 11.5. The molecule has 0 N–H and O–H groups in total. The zero-order valence-corrected chi connectivity index (χ0v) is 17.5. The molecule has 0 amide bonds. The maximum atomic E-state index is 13.2. The Hall–Kier alpha value is -3.08. The first kappa shape index (κ1) is 20.2. The first-order valence-corrected chi connectivity index (χ1v) is 9.95. The van der Waals surface area contributed by atoms with E-state index in [-0.39, 0.29) is 23.3 Å². The molecule has 0 aliphatic rings. The van der Waals surface area contributed by atoms with E-state index in [1.54, 1.807) is 30.3 Å². The SMILES string of the molecule is Cc1cc2oc(-c3ccc(Cl)cc3)c(OC(=O)Cc3ccccc3)c(=O)c2cc1Cl. The predicted molar refractivity (Wildman–Crippen MR) is 118 cm³/mol. The third-order valence-corrected chi connectivity index (χ3v) is 5.30.